The second-order valence-corrected chi connectivity index (χ2v) is 8.35. The Kier molecular flexibility index (Phi) is 7.18. The van der Waals surface area contributed by atoms with E-state index >= 15 is 0 Å². The topological polar surface area (TPSA) is 45.5 Å². The Bertz CT molecular complexity index is 699. The third kappa shape index (κ3) is 5.37. The zero-order valence-electron chi connectivity index (χ0n) is 15.0. The molecule has 0 spiro atoms. The molecule has 1 aliphatic heterocycles. The maximum atomic E-state index is 4.47. The van der Waals surface area contributed by atoms with E-state index in [-0.39, 0.29) is 28.7 Å². The van der Waals surface area contributed by atoms with Gasteiger partial charge in [0, 0.05) is 49.6 Å². The fourth-order valence-electron chi connectivity index (χ4n) is 2.94. The Hall–Kier alpha value is -1.22. The second kappa shape index (κ2) is 8.93. The Morgan fingerprint density at radius 2 is 2.20 bits per heavy atom. The Labute approximate surface area is 171 Å². The monoisotopic (exact) mass is 471 g/mol. The molecule has 0 aliphatic carbocycles. The number of rotatable bonds is 3. The Morgan fingerprint density at radius 3 is 2.88 bits per heavy atom. The first-order valence-electron chi connectivity index (χ1n) is 8.26. The summed E-state index contributed by atoms with van der Waals surface area (Å²) in [5, 5.41) is 7.79. The van der Waals surface area contributed by atoms with Crippen molar-refractivity contribution in [2.75, 3.05) is 25.9 Å². The summed E-state index contributed by atoms with van der Waals surface area (Å²) in [7, 11) is 1.86. The molecule has 0 radical (unpaired) electrons. The summed E-state index contributed by atoms with van der Waals surface area (Å²) in [4.78, 5) is 6.82. The van der Waals surface area contributed by atoms with Crippen LogP contribution in [0.15, 0.2) is 47.7 Å². The predicted octanol–water partition coefficient (Wildman–Crippen LogP) is 3.39. The van der Waals surface area contributed by atoms with Gasteiger partial charge in [-0.05, 0) is 37.6 Å². The molecular formula is C18H26IN5S. The van der Waals surface area contributed by atoms with E-state index in [1.54, 1.807) is 6.20 Å². The fourth-order valence-corrected chi connectivity index (χ4v) is 4.05. The van der Waals surface area contributed by atoms with Crippen LogP contribution in [0, 0.1) is 0 Å². The van der Waals surface area contributed by atoms with Gasteiger partial charge in [0.2, 0.25) is 0 Å². The third-order valence-corrected chi connectivity index (χ3v) is 5.36. The van der Waals surface area contributed by atoms with Crippen LogP contribution in [0.5, 0.6) is 0 Å². The molecule has 1 aromatic heterocycles. The summed E-state index contributed by atoms with van der Waals surface area (Å²) in [6.07, 6.45) is 3.75. The zero-order chi connectivity index (χ0) is 17.0. The maximum absolute atomic E-state index is 4.47. The van der Waals surface area contributed by atoms with Crippen LogP contribution in [0.25, 0.3) is 5.69 Å². The van der Waals surface area contributed by atoms with Crippen molar-refractivity contribution in [3.05, 3.63) is 48.3 Å². The van der Waals surface area contributed by atoms with Crippen LogP contribution in [0.2, 0.25) is 0 Å². The fraction of sp³-hybridized carbons (Fsp3) is 0.444. The minimum absolute atomic E-state index is 0. The van der Waals surface area contributed by atoms with Gasteiger partial charge < -0.3 is 10.2 Å². The van der Waals surface area contributed by atoms with Crippen LogP contribution in [0.3, 0.4) is 0 Å². The van der Waals surface area contributed by atoms with Crippen LogP contribution in [0.1, 0.15) is 19.4 Å². The van der Waals surface area contributed by atoms with Crippen LogP contribution >= 0.6 is 35.7 Å². The lowest BCUT2D eigenvalue weighted by atomic mass is 10.2. The minimum atomic E-state index is 0. The number of benzene rings is 1. The molecule has 2 aromatic rings. The van der Waals surface area contributed by atoms with Crippen molar-refractivity contribution >= 4 is 41.7 Å². The van der Waals surface area contributed by atoms with E-state index in [9.17, 15) is 0 Å². The third-order valence-electron chi connectivity index (χ3n) is 4.07. The summed E-state index contributed by atoms with van der Waals surface area (Å²) < 4.78 is 2.15. The molecule has 7 heteroatoms. The van der Waals surface area contributed by atoms with Crippen molar-refractivity contribution in [1.82, 2.24) is 20.0 Å². The van der Waals surface area contributed by atoms with Gasteiger partial charge in [0.25, 0.3) is 0 Å². The van der Waals surface area contributed by atoms with Crippen LogP contribution in [-0.2, 0) is 6.54 Å². The maximum Gasteiger partial charge on any atom is 0.193 e. The van der Waals surface area contributed by atoms with E-state index < -0.39 is 0 Å². The molecule has 1 saturated heterocycles. The number of halogens is 1. The minimum Gasteiger partial charge on any atom is -0.352 e. The van der Waals surface area contributed by atoms with Gasteiger partial charge in [0.15, 0.2) is 5.96 Å². The van der Waals surface area contributed by atoms with E-state index in [0.717, 1.165) is 37.0 Å². The SMILES string of the molecule is CN=C(NCc1cccc(-n2cccn2)c1)N1CCSC(C)(C)C1.I. The lowest BCUT2D eigenvalue weighted by Crippen LogP contribution is -2.50. The molecule has 1 aliphatic rings. The lowest BCUT2D eigenvalue weighted by molar-refractivity contribution is 0.375. The standard InChI is InChI=1S/C18H25N5S.HI/c1-18(2)14-22(10-11-24-18)17(19-3)20-13-15-6-4-7-16(12-15)23-9-5-8-21-23;/h4-9,12H,10-11,13-14H2,1-3H3,(H,19,20);1H. The smallest absolute Gasteiger partial charge is 0.193 e. The van der Waals surface area contributed by atoms with Gasteiger partial charge in [-0.2, -0.15) is 16.9 Å². The average Bonchev–Trinajstić information content (AvgIpc) is 3.09. The molecule has 5 nitrogen and oxygen atoms in total. The first kappa shape index (κ1) is 20.1. The van der Waals surface area contributed by atoms with E-state index in [1.807, 2.05) is 35.8 Å². The number of hydrogen-bond donors (Lipinski definition) is 1. The Morgan fingerprint density at radius 1 is 1.36 bits per heavy atom. The Balaban J connectivity index is 0.00000225. The largest absolute Gasteiger partial charge is 0.352 e. The number of guanidine groups is 1. The van der Waals surface area contributed by atoms with Crippen molar-refractivity contribution in [2.24, 2.45) is 4.99 Å². The molecular weight excluding hydrogens is 445 g/mol. The predicted molar refractivity (Wildman–Crippen MR) is 117 cm³/mol. The molecule has 25 heavy (non-hydrogen) atoms. The highest BCUT2D eigenvalue weighted by Crippen LogP contribution is 2.29. The number of aromatic nitrogens is 2. The lowest BCUT2D eigenvalue weighted by Gasteiger charge is -2.39. The summed E-state index contributed by atoms with van der Waals surface area (Å²) in [5.41, 5.74) is 2.29. The number of aliphatic imine (C=N–C) groups is 1. The number of nitrogens with zero attached hydrogens (tertiary/aromatic N) is 4. The first-order valence-corrected chi connectivity index (χ1v) is 9.24. The van der Waals surface area contributed by atoms with Gasteiger partial charge in [0.05, 0.1) is 5.69 Å². The van der Waals surface area contributed by atoms with Gasteiger partial charge >= 0.3 is 0 Å². The molecule has 3 rings (SSSR count). The molecule has 1 aromatic carbocycles. The quantitative estimate of drug-likeness (QED) is 0.424. The molecule has 0 amide bonds. The average molecular weight is 471 g/mol. The van der Waals surface area contributed by atoms with Crippen molar-refractivity contribution in [1.29, 1.82) is 0 Å². The van der Waals surface area contributed by atoms with E-state index in [1.165, 1.54) is 5.56 Å². The van der Waals surface area contributed by atoms with Crippen molar-refractivity contribution in [2.45, 2.75) is 25.1 Å². The molecule has 1 fully saturated rings. The molecule has 0 saturated carbocycles. The highest BCUT2D eigenvalue weighted by Gasteiger charge is 2.28. The normalized spacial score (nSPS) is 17.1. The van der Waals surface area contributed by atoms with Gasteiger partial charge in [-0.25, -0.2) is 4.68 Å². The van der Waals surface area contributed by atoms with Gasteiger partial charge in [-0.15, -0.1) is 24.0 Å². The summed E-state index contributed by atoms with van der Waals surface area (Å²) >= 11 is 2.03. The molecule has 136 valence electrons. The van der Waals surface area contributed by atoms with Crippen molar-refractivity contribution in [3.63, 3.8) is 0 Å². The highest BCUT2D eigenvalue weighted by atomic mass is 127. The van der Waals surface area contributed by atoms with Gasteiger partial charge in [-0.3, -0.25) is 4.99 Å². The number of thioether (sulfide) groups is 1. The summed E-state index contributed by atoms with van der Waals surface area (Å²) in [6, 6.07) is 10.3. The summed E-state index contributed by atoms with van der Waals surface area (Å²) in [5.74, 6) is 2.12. The molecule has 0 bridgehead atoms. The van der Waals surface area contributed by atoms with Crippen LogP contribution < -0.4 is 5.32 Å². The van der Waals surface area contributed by atoms with Crippen LogP contribution in [0.4, 0.5) is 0 Å². The van der Waals surface area contributed by atoms with Gasteiger partial charge in [-0.1, -0.05) is 12.1 Å². The van der Waals surface area contributed by atoms with Crippen molar-refractivity contribution in [3.8, 4) is 5.69 Å². The summed E-state index contributed by atoms with van der Waals surface area (Å²) in [6.45, 7) is 7.41. The number of hydrogen-bond acceptors (Lipinski definition) is 3. The molecule has 0 unspecified atom stereocenters. The van der Waals surface area contributed by atoms with E-state index in [0.29, 0.717) is 0 Å². The van der Waals surface area contributed by atoms with Crippen LogP contribution in [-0.4, -0.2) is 51.3 Å². The van der Waals surface area contributed by atoms with Crippen molar-refractivity contribution < 1.29 is 0 Å². The molecule has 1 N–H and O–H groups in total. The molecule has 2 heterocycles. The highest BCUT2D eigenvalue weighted by molar-refractivity contribution is 14.0. The number of nitrogens with one attached hydrogen (secondary N) is 1. The van der Waals surface area contributed by atoms with E-state index in [2.05, 4.69) is 58.4 Å². The molecule has 0 atom stereocenters. The zero-order valence-corrected chi connectivity index (χ0v) is 18.1. The van der Waals surface area contributed by atoms with E-state index in [4.69, 9.17) is 0 Å². The second-order valence-electron chi connectivity index (χ2n) is 6.55. The van der Waals surface area contributed by atoms with Gasteiger partial charge in [0.1, 0.15) is 0 Å². The first-order chi connectivity index (χ1) is 11.6.